The Morgan fingerprint density at radius 1 is 1.56 bits per heavy atom. The van der Waals surface area contributed by atoms with E-state index in [4.69, 9.17) is 11.6 Å². The van der Waals surface area contributed by atoms with Gasteiger partial charge in [0.1, 0.15) is 11.9 Å². The van der Waals surface area contributed by atoms with E-state index in [1.807, 2.05) is 0 Å². The van der Waals surface area contributed by atoms with Crippen LogP contribution in [0.3, 0.4) is 0 Å². The van der Waals surface area contributed by atoms with E-state index in [2.05, 4.69) is 5.10 Å². The average molecular weight is 287 g/mol. The summed E-state index contributed by atoms with van der Waals surface area (Å²) in [6.45, 7) is 0. The molecule has 0 aliphatic carbocycles. The molecule has 6 heteroatoms. The zero-order chi connectivity index (χ0) is 13.1. The van der Waals surface area contributed by atoms with Crippen molar-refractivity contribution in [3.8, 4) is 0 Å². The average Bonchev–Trinajstić information content (AvgIpc) is 2.66. The summed E-state index contributed by atoms with van der Waals surface area (Å²) in [5.74, 6) is 0.107. The zero-order valence-electron chi connectivity index (χ0n) is 9.68. The van der Waals surface area contributed by atoms with E-state index >= 15 is 0 Å². The largest absolute Gasteiger partial charge is 0.386 e. The number of benzene rings is 1. The Balaban J connectivity index is 2.03. The van der Waals surface area contributed by atoms with Gasteiger partial charge in [0.25, 0.3) is 0 Å². The molecule has 1 atom stereocenters. The predicted molar refractivity (Wildman–Crippen MR) is 70.3 cm³/mol. The smallest absolute Gasteiger partial charge is 0.124 e. The Kier molecular flexibility index (Phi) is 4.27. The third kappa shape index (κ3) is 3.04. The molecule has 0 radical (unpaired) electrons. The van der Waals surface area contributed by atoms with E-state index in [0.29, 0.717) is 16.5 Å². The molecular formula is C12H12ClFN2OS. The fourth-order valence-electron chi connectivity index (χ4n) is 1.61. The molecule has 3 nitrogen and oxygen atoms in total. The summed E-state index contributed by atoms with van der Waals surface area (Å²) < 4.78 is 14.5. The molecular weight excluding hydrogens is 275 g/mol. The lowest BCUT2D eigenvalue weighted by Crippen LogP contribution is -2.08. The van der Waals surface area contributed by atoms with E-state index in [0.717, 1.165) is 4.90 Å². The maximum Gasteiger partial charge on any atom is 0.124 e. The van der Waals surface area contributed by atoms with Crippen LogP contribution in [0.2, 0.25) is 5.02 Å². The number of halogens is 2. The fraction of sp³-hybridized carbons (Fsp3) is 0.250. The van der Waals surface area contributed by atoms with Gasteiger partial charge in [0.15, 0.2) is 0 Å². The Morgan fingerprint density at radius 2 is 2.33 bits per heavy atom. The molecule has 0 amide bonds. The van der Waals surface area contributed by atoms with Crippen molar-refractivity contribution >= 4 is 23.4 Å². The SMILES string of the molecule is Cn1ncc(Cl)c1C(O)CSc1cccc(F)c1. The van der Waals surface area contributed by atoms with Gasteiger partial charge in [0.2, 0.25) is 0 Å². The highest BCUT2D eigenvalue weighted by atomic mass is 35.5. The Labute approximate surface area is 114 Å². The van der Waals surface area contributed by atoms with Gasteiger partial charge in [-0.2, -0.15) is 5.10 Å². The minimum atomic E-state index is -0.738. The summed E-state index contributed by atoms with van der Waals surface area (Å²) in [7, 11) is 1.72. The van der Waals surface area contributed by atoms with E-state index in [1.54, 1.807) is 23.9 Å². The quantitative estimate of drug-likeness (QED) is 0.878. The molecule has 0 saturated heterocycles. The molecule has 1 heterocycles. The first kappa shape index (κ1) is 13.4. The highest BCUT2D eigenvalue weighted by Crippen LogP contribution is 2.28. The molecule has 2 rings (SSSR count). The second-order valence-corrected chi connectivity index (χ2v) is 5.29. The molecule has 1 N–H and O–H groups in total. The monoisotopic (exact) mass is 286 g/mol. The molecule has 0 saturated carbocycles. The van der Waals surface area contributed by atoms with Crippen LogP contribution in [0, 0.1) is 5.82 Å². The minimum Gasteiger partial charge on any atom is -0.386 e. The van der Waals surface area contributed by atoms with Gasteiger partial charge < -0.3 is 5.11 Å². The van der Waals surface area contributed by atoms with E-state index in [9.17, 15) is 9.50 Å². The number of aliphatic hydroxyl groups is 1. The molecule has 1 unspecified atom stereocenters. The highest BCUT2D eigenvalue weighted by molar-refractivity contribution is 7.99. The Bertz CT molecular complexity index is 527. The van der Waals surface area contributed by atoms with Crippen molar-refractivity contribution in [2.24, 2.45) is 7.05 Å². The van der Waals surface area contributed by atoms with Crippen LogP contribution >= 0.6 is 23.4 Å². The summed E-state index contributed by atoms with van der Waals surface area (Å²) in [5, 5.41) is 14.4. The first-order valence-electron chi connectivity index (χ1n) is 5.31. The number of aromatic nitrogens is 2. The number of hydrogen-bond donors (Lipinski definition) is 1. The van der Waals surface area contributed by atoms with Crippen LogP contribution in [0.4, 0.5) is 4.39 Å². The number of thioether (sulfide) groups is 1. The Morgan fingerprint density at radius 3 is 2.94 bits per heavy atom. The molecule has 1 aromatic heterocycles. The molecule has 18 heavy (non-hydrogen) atoms. The standard InChI is InChI=1S/C12H12ClFN2OS/c1-16-12(10(13)6-15-16)11(17)7-18-9-4-2-3-8(14)5-9/h2-6,11,17H,7H2,1H3. The topological polar surface area (TPSA) is 38.0 Å². The fourth-order valence-corrected chi connectivity index (χ4v) is 2.78. The van der Waals surface area contributed by atoms with Crippen molar-refractivity contribution in [1.82, 2.24) is 9.78 Å². The van der Waals surface area contributed by atoms with E-state index in [1.165, 1.54) is 30.1 Å². The number of nitrogens with zero attached hydrogens (tertiary/aromatic N) is 2. The highest BCUT2D eigenvalue weighted by Gasteiger charge is 2.16. The Hall–Kier alpha value is -1.04. The van der Waals surface area contributed by atoms with Crippen LogP contribution < -0.4 is 0 Å². The van der Waals surface area contributed by atoms with Gasteiger partial charge in [-0.1, -0.05) is 17.7 Å². The lowest BCUT2D eigenvalue weighted by Gasteiger charge is -2.11. The number of hydrogen-bond acceptors (Lipinski definition) is 3. The minimum absolute atomic E-state index is 0.284. The van der Waals surface area contributed by atoms with E-state index in [-0.39, 0.29) is 5.82 Å². The van der Waals surface area contributed by atoms with Crippen molar-refractivity contribution in [2.45, 2.75) is 11.0 Å². The van der Waals surface area contributed by atoms with Crippen molar-refractivity contribution < 1.29 is 9.50 Å². The van der Waals surface area contributed by atoms with Gasteiger partial charge >= 0.3 is 0 Å². The van der Waals surface area contributed by atoms with Crippen LogP contribution in [0.1, 0.15) is 11.8 Å². The third-order valence-electron chi connectivity index (χ3n) is 2.46. The summed E-state index contributed by atoms with van der Waals surface area (Å²) in [5.41, 5.74) is 0.570. The molecule has 2 aromatic rings. The summed E-state index contributed by atoms with van der Waals surface area (Å²) in [6.07, 6.45) is 0.755. The maximum atomic E-state index is 13.0. The van der Waals surface area contributed by atoms with Crippen molar-refractivity contribution in [3.05, 3.63) is 47.0 Å². The number of aryl methyl sites for hydroxylation is 1. The van der Waals surface area contributed by atoms with Crippen LogP contribution in [0.5, 0.6) is 0 Å². The molecule has 0 bridgehead atoms. The lowest BCUT2D eigenvalue weighted by atomic mass is 10.3. The maximum absolute atomic E-state index is 13.0. The van der Waals surface area contributed by atoms with Gasteiger partial charge in [-0.25, -0.2) is 4.39 Å². The zero-order valence-corrected chi connectivity index (χ0v) is 11.2. The van der Waals surface area contributed by atoms with Gasteiger partial charge in [-0.15, -0.1) is 11.8 Å². The van der Waals surface area contributed by atoms with Gasteiger partial charge in [-0.05, 0) is 18.2 Å². The number of rotatable bonds is 4. The van der Waals surface area contributed by atoms with Crippen LogP contribution in [-0.2, 0) is 7.05 Å². The predicted octanol–water partition coefficient (Wildman–Crippen LogP) is 3.04. The van der Waals surface area contributed by atoms with Crippen molar-refractivity contribution in [1.29, 1.82) is 0 Å². The molecule has 0 aliphatic rings. The van der Waals surface area contributed by atoms with Crippen LogP contribution in [0.25, 0.3) is 0 Å². The van der Waals surface area contributed by atoms with Gasteiger partial charge in [-0.3, -0.25) is 4.68 Å². The number of aliphatic hydroxyl groups excluding tert-OH is 1. The summed E-state index contributed by atoms with van der Waals surface area (Å²) >= 11 is 7.30. The second kappa shape index (κ2) is 5.73. The third-order valence-corrected chi connectivity index (χ3v) is 3.82. The molecule has 0 fully saturated rings. The first-order valence-corrected chi connectivity index (χ1v) is 6.68. The second-order valence-electron chi connectivity index (χ2n) is 3.79. The molecule has 0 aliphatic heterocycles. The first-order chi connectivity index (χ1) is 8.58. The van der Waals surface area contributed by atoms with Crippen LogP contribution in [-0.4, -0.2) is 20.6 Å². The van der Waals surface area contributed by atoms with Crippen LogP contribution in [0.15, 0.2) is 35.4 Å². The van der Waals surface area contributed by atoms with Crippen molar-refractivity contribution in [2.75, 3.05) is 5.75 Å². The molecule has 0 spiro atoms. The van der Waals surface area contributed by atoms with Gasteiger partial charge in [0, 0.05) is 17.7 Å². The summed E-state index contributed by atoms with van der Waals surface area (Å²) in [4.78, 5) is 0.771. The molecule has 96 valence electrons. The lowest BCUT2D eigenvalue weighted by molar-refractivity contribution is 0.194. The van der Waals surface area contributed by atoms with Crippen molar-refractivity contribution in [3.63, 3.8) is 0 Å². The molecule has 1 aromatic carbocycles. The normalized spacial score (nSPS) is 12.7. The van der Waals surface area contributed by atoms with E-state index < -0.39 is 6.10 Å². The summed E-state index contributed by atoms with van der Waals surface area (Å²) in [6, 6.07) is 6.26. The van der Waals surface area contributed by atoms with Gasteiger partial charge in [0.05, 0.1) is 16.9 Å².